The number of benzene rings is 1. The van der Waals surface area contributed by atoms with E-state index in [1.54, 1.807) is 18.5 Å². The second kappa shape index (κ2) is 5.38. The summed E-state index contributed by atoms with van der Waals surface area (Å²) in [5.41, 5.74) is 7.87. The number of hydrogen-bond donors (Lipinski definition) is 1. The van der Waals surface area contributed by atoms with Crippen molar-refractivity contribution in [3.05, 3.63) is 64.1 Å². The normalized spacial score (nSPS) is 12.4. The monoisotopic (exact) mass is 294 g/mol. The second-order valence-corrected chi connectivity index (χ2v) is 4.60. The van der Waals surface area contributed by atoms with E-state index in [-0.39, 0.29) is 11.9 Å². The van der Waals surface area contributed by atoms with Gasteiger partial charge in [0.15, 0.2) is 0 Å². The highest BCUT2D eigenvalue weighted by Crippen LogP contribution is 2.24. The maximum Gasteiger partial charge on any atom is 0.137 e. The molecular weight excluding hydrogens is 283 g/mol. The van der Waals surface area contributed by atoms with Crippen LogP contribution in [-0.4, -0.2) is 4.98 Å². The molecule has 2 N–H and O–H groups in total. The third-order valence-corrected chi connectivity index (χ3v) is 3.47. The van der Waals surface area contributed by atoms with Crippen LogP contribution in [0.4, 0.5) is 4.39 Å². The number of halogens is 2. The molecule has 1 unspecified atom stereocenters. The Kier molecular flexibility index (Phi) is 3.86. The molecule has 0 aliphatic rings. The van der Waals surface area contributed by atoms with Gasteiger partial charge in [0.1, 0.15) is 5.82 Å². The zero-order chi connectivity index (χ0) is 12.3. The van der Waals surface area contributed by atoms with Crippen LogP contribution in [0, 0.1) is 5.82 Å². The highest BCUT2D eigenvalue weighted by molar-refractivity contribution is 9.10. The van der Waals surface area contributed by atoms with E-state index < -0.39 is 0 Å². The summed E-state index contributed by atoms with van der Waals surface area (Å²) >= 11 is 3.24. The summed E-state index contributed by atoms with van der Waals surface area (Å²) < 4.78 is 13.8. The van der Waals surface area contributed by atoms with Crippen LogP contribution < -0.4 is 5.73 Å². The Morgan fingerprint density at radius 3 is 2.82 bits per heavy atom. The molecule has 2 aromatic rings. The van der Waals surface area contributed by atoms with Gasteiger partial charge in [0.25, 0.3) is 0 Å². The standard InChI is InChI=1S/C13H12BrFN2/c14-13-9(3-1-5-11(13)15)7-12(16)10-4-2-6-17-8-10/h1-6,8,12H,7,16H2. The summed E-state index contributed by atoms with van der Waals surface area (Å²) in [6, 6.07) is 8.56. The zero-order valence-corrected chi connectivity index (χ0v) is 10.7. The van der Waals surface area contributed by atoms with Crippen LogP contribution in [0.5, 0.6) is 0 Å². The molecule has 0 radical (unpaired) electrons. The molecular formula is C13H12BrFN2. The van der Waals surface area contributed by atoms with E-state index in [4.69, 9.17) is 5.73 Å². The third kappa shape index (κ3) is 2.90. The van der Waals surface area contributed by atoms with Gasteiger partial charge in [0.05, 0.1) is 4.47 Å². The minimum atomic E-state index is -0.263. The van der Waals surface area contributed by atoms with Crippen LogP contribution >= 0.6 is 15.9 Å². The lowest BCUT2D eigenvalue weighted by Gasteiger charge is -2.13. The van der Waals surface area contributed by atoms with Gasteiger partial charge in [-0.2, -0.15) is 0 Å². The van der Waals surface area contributed by atoms with Crippen molar-refractivity contribution in [3.63, 3.8) is 0 Å². The first-order valence-corrected chi connectivity index (χ1v) is 6.06. The lowest BCUT2D eigenvalue weighted by atomic mass is 10.0. The molecule has 17 heavy (non-hydrogen) atoms. The van der Waals surface area contributed by atoms with Gasteiger partial charge >= 0.3 is 0 Å². The zero-order valence-electron chi connectivity index (χ0n) is 9.11. The molecule has 2 rings (SSSR count). The Morgan fingerprint density at radius 1 is 1.29 bits per heavy atom. The minimum absolute atomic E-state index is 0.179. The molecule has 0 bridgehead atoms. The lowest BCUT2D eigenvalue weighted by Crippen LogP contribution is -2.14. The molecule has 1 atom stereocenters. The van der Waals surface area contributed by atoms with E-state index in [2.05, 4.69) is 20.9 Å². The van der Waals surface area contributed by atoms with Crippen molar-refractivity contribution >= 4 is 15.9 Å². The topological polar surface area (TPSA) is 38.9 Å². The summed E-state index contributed by atoms with van der Waals surface area (Å²) in [6.07, 6.45) is 4.01. The first-order valence-electron chi connectivity index (χ1n) is 5.27. The molecule has 0 saturated carbocycles. The van der Waals surface area contributed by atoms with Gasteiger partial charge in [-0.05, 0) is 45.6 Å². The fourth-order valence-corrected chi connectivity index (χ4v) is 2.08. The lowest BCUT2D eigenvalue weighted by molar-refractivity contribution is 0.614. The summed E-state index contributed by atoms with van der Waals surface area (Å²) in [6.45, 7) is 0. The van der Waals surface area contributed by atoms with Gasteiger partial charge in [-0.3, -0.25) is 4.98 Å². The fraction of sp³-hybridized carbons (Fsp3) is 0.154. The van der Waals surface area contributed by atoms with Gasteiger partial charge < -0.3 is 5.73 Å². The Hall–Kier alpha value is -1.26. The van der Waals surface area contributed by atoms with Crippen LogP contribution in [0.15, 0.2) is 47.2 Å². The van der Waals surface area contributed by atoms with Gasteiger partial charge in [0, 0.05) is 18.4 Å². The summed E-state index contributed by atoms with van der Waals surface area (Å²) in [4.78, 5) is 4.02. The molecule has 1 aromatic carbocycles. The highest BCUT2D eigenvalue weighted by atomic mass is 79.9. The van der Waals surface area contributed by atoms with Crippen LogP contribution in [0.3, 0.4) is 0 Å². The second-order valence-electron chi connectivity index (χ2n) is 3.81. The van der Waals surface area contributed by atoms with E-state index in [0.717, 1.165) is 11.1 Å². The number of aromatic nitrogens is 1. The molecule has 0 aliphatic carbocycles. The van der Waals surface area contributed by atoms with E-state index in [9.17, 15) is 4.39 Å². The smallest absolute Gasteiger partial charge is 0.137 e. The number of pyridine rings is 1. The average molecular weight is 295 g/mol. The quantitative estimate of drug-likeness (QED) is 0.944. The molecule has 88 valence electrons. The largest absolute Gasteiger partial charge is 0.324 e. The molecule has 0 saturated heterocycles. The predicted octanol–water partition coefficient (Wildman–Crippen LogP) is 3.23. The molecule has 2 nitrogen and oxygen atoms in total. The Bertz CT molecular complexity index is 502. The van der Waals surface area contributed by atoms with Crippen molar-refractivity contribution in [2.75, 3.05) is 0 Å². The van der Waals surface area contributed by atoms with Crippen molar-refractivity contribution in [3.8, 4) is 0 Å². The Morgan fingerprint density at radius 2 is 2.12 bits per heavy atom. The van der Waals surface area contributed by atoms with Crippen molar-refractivity contribution < 1.29 is 4.39 Å². The maximum atomic E-state index is 13.3. The van der Waals surface area contributed by atoms with Crippen LogP contribution in [-0.2, 0) is 6.42 Å². The van der Waals surface area contributed by atoms with E-state index >= 15 is 0 Å². The maximum absolute atomic E-state index is 13.3. The number of rotatable bonds is 3. The Labute approximate surface area is 108 Å². The van der Waals surface area contributed by atoms with E-state index in [1.807, 2.05) is 18.2 Å². The third-order valence-electron chi connectivity index (χ3n) is 2.58. The average Bonchev–Trinajstić information content (AvgIpc) is 2.36. The molecule has 0 aliphatic heterocycles. The number of nitrogens with zero attached hydrogens (tertiary/aromatic N) is 1. The molecule has 1 heterocycles. The SMILES string of the molecule is NC(Cc1cccc(F)c1Br)c1cccnc1. The molecule has 0 amide bonds. The Balaban J connectivity index is 2.19. The summed E-state index contributed by atoms with van der Waals surface area (Å²) in [5, 5.41) is 0. The van der Waals surface area contributed by atoms with Crippen LogP contribution in [0.2, 0.25) is 0 Å². The van der Waals surface area contributed by atoms with Crippen molar-refractivity contribution in [1.82, 2.24) is 4.98 Å². The highest BCUT2D eigenvalue weighted by Gasteiger charge is 2.11. The summed E-state index contributed by atoms with van der Waals surface area (Å²) in [5.74, 6) is -0.263. The van der Waals surface area contributed by atoms with Crippen molar-refractivity contribution in [2.45, 2.75) is 12.5 Å². The van der Waals surface area contributed by atoms with Gasteiger partial charge in [-0.1, -0.05) is 18.2 Å². The van der Waals surface area contributed by atoms with Gasteiger partial charge in [-0.15, -0.1) is 0 Å². The van der Waals surface area contributed by atoms with Gasteiger partial charge in [-0.25, -0.2) is 4.39 Å². The van der Waals surface area contributed by atoms with Crippen LogP contribution in [0.1, 0.15) is 17.2 Å². The molecule has 4 heteroatoms. The van der Waals surface area contributed by atoms with Crippen molar-refractivity contribution in [2.24, 2.45) is 5.73 Å². The van der Waals surface area contributed by atoms with Crippen LogP contribution in [0.25, 0.3) is 0 Å². The number of hydrogen-bond acceptors (Lipinski definition) is 2. The summed E-state index contributed by atoms with van der Waals surface area (Å²) in [7, 11) is 0. The number of nitrogens with two attached hydrogens (primary N) is 1. The molecule has 1 aromatic heterocycles. The van der Waals surface area contributed by atoms with E-state index in [1.165, 1.54) is 6.07 Å². The minimum Gasteiger partial charge on any atom is -0.324 e. The van der Waals surface area contributed by atoms with E-state index in [0.29, 0.717) is 10.9 Å². The molecule has 0 fully saturated rings. The first-order chi connectivity index (χ1) is 8.18. The fourth-order valence-electron chi connectivity index (χ4n) is 1.66. The predicted molar refractivity (Wildman–Crippen MR) is 69.0 cm³/mol. The van der Waals surface area contributed by atoms with Gasteiger partial charge in [0.2, 0.25) is 0 Å². The molecule has 0 spiro atoms. The first kappa shape index (κ1) is 12.2. The van der Waals surface area contributed by atoms with Crippen molar-refractivity contribution in [1.29, 1.82) is 0 Å².